The highest BCUT2D eigenvalue weighted by Crippen LogP contribution is 2.17. The summed E-state index contributed by atoms with van der Waals surface area (Å²) in [6.07, 6.45) is 6.83. The van der Waals surface area contributed by atoms with Crippen molar-refractivity contribution in [2.75, 3.05) is 5.73 Å². The number of nitrogen functional groups attached to an aromatic ring is 1. The zero-order valence-electron chi connectivity index (χ0n) is 8.69. The van der Waals surface area contributed by atoms with Gasteiger partial charge in [0, 0.05) is 29.7 Å². The molecule has 3 aromatic rings. The minimum Gasteiger partial charge on any atom is -0.366 e. The Labute approximate surface area is 103 Å². The average Bonchev–Trinajstić information content (AvgIpc) is 2.69. The molecule has 0 bridgehead atoms. The van der Waals surface area contributed by atoms with Gasteiger partial charge in [-0.2, -0.15) is 4.98 Å². The highest BCUT2D eigenvalue weighted by Gasteiger charge is 2.02. The zero-order valence-corrected chi connectivity index (χ0v) is 9.50. The van der Waals surface area contributed by atoms with E-state index >= 15 is 0 Å². The fraction of sp³-hybridized carbons (Fsp3) is 0. The molecule has 6 nitrogen and oxygen atoms in total. The monoisotopic (exact) mass is 248 g/mol. The fourth-order valence-corrected chi connectivity index (χ4v) is 1.52. The second-order valence-corrected chi connectivity index (χ2v) is 3.32. The highest BCUT2D eigenvalue weighted by molar-refractivity contribution is 5.85. The molecule has 7 heteroatoms. The maximum absolute atomic E-state index is 5.51. The number of anilines is 1. The van der Waals surface area contributed by atoms with Gasteiger partial charge in [0.2, 0.25) is 5.95 Å². The summed E-state index contributed by atoms with van der Waals surface area (Å²) in [5.74, 6) is 0.265. The molecule has 0 spiro atoms. The molecule has 0 aliphatic carbocycles. The van der Waals surface area contributed by atoms with Crippen LogP contribution in [0.1, 0.15) is 0 Å². The van der Waals surface area contributed by atoms with Crippen LogP contribution in [0.25, 0.3) is 16.8 Å². The van der Waals surface area contributed by atoms with E-state index in [4.69, 9.17) is 5.73 Å². The summed E-state index contributed by atoms with van der Waals surface area (Å²) in [4.78, 5) is 12.0. The van der Waals surface area contributed by atoms with Crippen LogP contribution in [0, 0.1) is 0 Å². The molecular weight excluding hydrogens is 240 g/mol. The van der Waals surface area contributed by atoms with Crippen LogP contribution in [0.5, 0.6) is 0 Å². The van der Waals surface area contributed by atoms with Crippen molar-refractivity contribution in [1.82, 2.24) is 24.6 Å². The number of nitrogens with zero attached hydrogens (tertiary/aromatic N) is 5. The summed E-state index contributed by atoms with van der Waals surface area (Å²) < 4.78 is 1.64. The Morgan fingerprint density at radius 1 is 1.06 bits per heavy atom. The number of hydrogen-bond donors (Lipinski definition) is 1. The van der Waals surface area contributed by atoms with Crippen molar-refractivity contribution in [3.05, 3.63) is 37.1 Å². The first-order chi connectivity index (χ1) is 7.83. The molecule has 0 aliphatic heterocycles. The molecule has 3 heterocycles. The zero-order chi connectivity index (χ0) is 11.0. The molecule has 0 atom stereocenters. The van der Waals surface area contributed by atoms with Crippen molar-refractivity contribution in [3.63, 3.8) is 0 Å². The van der Waals surface area contributed by atoms with Gasteiger partial charge in [-0.3, -0.25) is 0 Å². The molecule has 0 amide bonds. The third kappa shape index (κ3) is 2.02. The molecule has 0 fully saturated rings. The van der Waals surface area contributed by atoms with Crippen LogP contribution in [0.3, 0.4) is 0 Å². The predicted octanol–water partition coefficient (Wildman–Crippen LogP) is 1.19. The maximum Gasteiger partial charge on any atom is 0.240 e. The Morgan fingerprint density at radius 3 is 2.59 bits per heavy atom. The quantitative estimate of drug-likeness (QED) is 0.700. The molecule has 0 aliphatic rings. The van der Waals surface area contributed by atoms with Crippen LogP contribution in [0.4, 0.5) is 5.95 Å². The topological polar surface area (TPSA) is 82.0 Å². The lowest BCUT2D eigenvalue weighted by Gasteiger charge is -1.99. The van der Waals surface area contributed by atoms with Gasteiger partial charge in [0.25, 0.3) is 0 Å². The van der Waals surface area contributed by atoms with Crippen molar-refractivity contribution in [3.8, 4) is 11.1 Å². The Morgan fingerprint density at radius 2 is 1.82 bits per heavy atom. The van der Waals surface area contributed by atoms with E-state index in [9.17, 15) is 0 Å². The molecule has 0 saturated carbocycles. The molecule has 3 rings (SSSR count). The van der Waals surface area contributed by atoms with Crippen LogP contribution in [-0.2, 0) is 0 Å². The minimum absolute atomic E-state index is 0. The average molecular weight is 249 g/mol. The van der Waals surface area contributed by atoms with Crippen molar-refractivity contribution < 1.29 is 0 Å². The summed E-state index contributed by atoms with van der Waals surface area (Å²) in [7, 11) is 0. The van der Waals surface area contributed by atoms with Crippen LogP contribution in [-0.4, -0.2) is 24.6 Å². The number of pyridine rings is 1. The summed E-state index contributed by atoms with van der Waals surface area (Å²) in [5.41, 5.74) is 8.13. The predicted molar refractivity (Wildman–Crippen MR) is 65.7 cm³/mol. The van der Waals surface area contributed by atoms with Crippen molar-refractivity contribution in [2.45, 2.75) is 0 Å². The highest BCUT2D eigenvalue weighted by atomic mass is 35.5. The Hall–Kier alpha value is -2.21. The van der Waals surface area contributed by atoms with Crippen LogP contribution >= 0.6 is 12.4 Å². The van der Waals surface area contributed by atoms with Crippen molar-refractivity contribution in [2.24, 2.45) is 0 Å². The molecule has 86 valence electrons. The molecule has 2 N–H and O–H groups in total. The number of hydrogen-bond acceptors (Lipinski definition) is 5. The van der Waals surface area contributed by atoms with Gasteiger partial charge in [0.15, 0.2) is 5.65 Å². The maximum atomic E-state index is 5.51. The number of fused-ring (bicyclic) bond motifs is 1. The van der Waals surface area contributed by atoms with E-state index in [0.717, 1.165) is 16.8 Å². The fourth-order valence-electron chi connectivity index (χ4n) is 1.52. The van der Waals surface area contributed by atoms with E-state index in [0.29, 0.717) is 0 Å². The second kappa shape index (κ2) is 4.34. The standard InChI is InChI=1S/C10H8N6.ClH/c11-10-14-9-2-1-7(5-16(9)15-10)8-3-12-6-13-4-8;/h1-6H,(H2,11,15);1H. The molecule has 3 aromatic heterocycles. The van der Waals surface area contributed by atoms with Crippen molar-refractivity contribution >= 4 is 24.0 Å². The summed E-state index contributed by atoms with van der Waals surface area (Å²) in [6, 6.07) is 3.79. The summed E-state index contributed by atoms with van der Waals surface area (Å²) in [5, 5.41) is 4.04. The molecule has 17 heavy (non-hydrogen) atoms. The van der Waals surface area contributed by atoms with Gasteiger partial charge in [-0.1, -0.05) is 0 Å². The lowest BCUT2D eigenvalue weighted by Crippen LogP contribution is -1.90. The Bertz CT molecular complexity index is 636. The van der Waals surface area contributed by atoms with Crippen LogP contribution < -0.4 is 5.73 Å². The van der Waals surface area contributed by atoms with E-state index in [1.807, 2.05) is 18.3 Å². The third-order valence-corrected chi connectivity index (χ3v) is 2.24. The lowest BCUT2D eigenvalue weighted by atomic mass is 10.1. The van der Waals surface area contributed by atoms with Gasteiger partial charge in [0.1, 0.15) is 6.33 Å². The van der Waals surface area contributed by atoms with Gasteiger partial charge in [0.05, 0.1) is 0 Å². The molecule has 0 aromatic carbocycles. The Kier molecular flexibility index (Phi) is 2.88. The smallest absolute Gasteiger partial charge is 0.240 e. The first-order valence-corrected chi connectivity index (χ1v) is 4.70. The van der Waals surface area contributed by atoms with Gasteiger partial charge in [-0.05, 0) is 12.1 Å². The van der Waals surface area contributed by atoms with E-state index < -0.39 is 0 Å². The summed E-state index contributed by atoms with van der Waals surface area (Å²) in [6.45, 7) is 0. The van der Waals surface area contributed by atoms with Crippen LogP contribution in [0.2, 0.25) is 0 Å². The van der Waals surface area contributed by atoms with Gasteiger partial charge >= 0.3 is 0 Å². The number of halogens is 1. The molecule has 0 radical (unpaired) electrons. The van der Waals surface area contributed by atoms with Gasteiger partial charge in [-0.15, -0.1) is 17.5 Å². The number of nitrogens with two attached hydrogens (primary N) is 1. The first kappa shape index (κ1) is 11.3. The van der Waals surface area contributed by atoms with Gasteiger partial charge in [-0.25, -0.2) is 14.5 Å². The van der Waals surface area contributed by atoms with Gasteiger partial charge < -0.3 is 5.73 Å². The number of aromatic nitrogens is 5. The lowest BCUT2D eigenvalue weighted by molar-refractivity contribution is 0.969. The van der Waals surface area contributed by atoms with E-state index in [2.05, 4.69) is 20.1 Å². The largest absolute Gasteiger partial charge is 0.366 e. The Balaban J connectivity index is 0.00000108. The molecule has 0 unspecified atom stereocenters. The molecule has 0 saturated heterocycles. The SMILES string of the molecule is Cl.Nc1nc2ccc(-c3cncnc3)cn2n1. The second-order valence-electron chi connectivity index (χ2n) is 3.32. The van der Waals surface area contributed by atoms with Crippen molar-refractivity contribution in [1.29, 1.82) is 0 Å². The third-order valence-electron chi connectivity index (χ3n) is 2.24. The number of rotatable bonds is 1. The summed E-state index contributed by atoms with van der Waals surface area (Å²) >= 11 is 0. The van der Waals surface area contributed by atoms with Crippen LogP contribution in [0.15, 0.2) is 37.1 Å². The normalized spacial score (nSPS) is 10.1. The van der Waals surface area contributed by atoms with E-state index in [1.54, 1.807) is 16.9 Å². The minimum atomic E-state index is 0. The van der Waals surface area contributed by atoms with E-state index in [-0.39, 0.29) is 18.4 Å². The molecular formula is C10H9ClN6. The van der Waals surface area contributed by atoms with E-state index in [1.165, 1.54) is 6.33 Å². The first-order valence-electron chi connectivity index (χ1n) is 4.70.